The van der Waals surface area contributed by atoms with Gasteiger partial charge in [0.25, 0.3) is 0 Å². The smallest absolute Gasteiger partial charge is 0.416 e. The van der Waals surface area contributed by atoms with E-state index in [0.29, 0.717) is 0 Å². The minimum absolute atomic E-state index is 0. The van der Waals surface area contributed by atoms with Crippen LogP contribution in [0.4, 0.5) is 17.6 Å². The van der Waals surface area contributed by atoms with Crippen LogP contribution in [0.3, 0.4) is 0 Å². The Morgan fingerprint density at radius 1 is 1.40 bits per heavy atom. The lowest BCUT2D eigenvalue weighted by atomic mass is 10.0. The Kier molecular flexibility index (Phi) is 7.03. The van der Waals surface area contributed by atoms with Crippen molar-refractivity contribution in [2.75, 3.05) is 6.61 Å². The van der Waals surface area contributed by atoms with Crippen molar-refractivity contribution in [2.45, 2.75) is 25.2 Å². The van der Waals surface area contributed by atoms with Gasteiger partial charge in [0.15, 0.2) is 17.7 Å². The van der Waals surface area contributed by atoms with Crippen molar-refractivity contribution in [2.24, 2.45) is 5.73 Å². The maximum atomic E-state index is 13.6. The molecule has 0 aliphatic heterocycles. The molecule has 0 saturated heterocycles. The fourth-order valence-electron chi connectivity index (χ4n) is 1.44. The summed E-state index contributed by atoms with van der Waals surface area (Å²) < 4.78 is 55.4. The van der Waals surface area contributed by atoms with Crippen LogP contribution in [0, 0.1) is 5.82 Å². The molecule has 0 aliphatic carbocycles. The Bertz CT molecular complexity index is 434. The molecule has 3 nitrogen and oxygen atoms in total. The van der Waals surface area contributed by atoms with Crippen LogP contribution in [-0.2, 0) is 0 Å². The predicted molar refractivity (Wildman–Crippen MR) is 68.8 cm³/mol. The molecule has 0 radical (unpaired) electrons. The fraction of sp³-hybridized carbons (Fsp3) is 0.455. The van der Waals surface area contributed by atoms with Gasteiger partial charge in [-0.05, 0) is 24.6 Å². The first-order valence-electron chi connectivity index (χ1n) is 5.30. The Labute approximate surface area is 124 Å². The highest BCUT2D eigenvalue weighted by Gasteiger charge is 2.43. The van der Waals surface area contributed by atoms with Crippen LogP contribution in [0.5, 0.6) is 5.75 Å². The highest BCUT2D eigenvalue weighted by molar-refractivity contribution is 6.32. The van der Waals surface area contributed by atoms with Crippen LogP contribution in [0.1, 0.15) is 18.5 Å². The summed E-state index contributed by atoms with van der Waals surface area (Å²) in [6.45, 7) is 1.75. The zero-order valence-corrected chi connectivity index (χ0v) is 11.8. The molecule has 9 heteroatoms. The van der Waals surface area contributed by atoms with Gasteiger partial charge in [-0.25, -0.2) is 4.39 Å². The van der Waals surface area contributed by atoms with Gasteiger partial charge < -0.3 is 15.6 Å². The maximum absolute atomic E-state index is 13.6. The Hall–Kier alpha value is -0.760. The number of benzene rings is 1. The third-order valence-corrected chi connectivity index (χ3v) is 2.65. The second-order valence-corrected chi connectivity index (χ2v) is 4.17. The van der Waals surface area contributed by atoms with Gasteiger partial charge in [0.05, 0.1) is 17.7 Å². The van der Waals surface area contributed by atoms with Crippen molar-refractivity contribution in [3.05, 3.63) is 28.5 Å². The van der Waals surface area contributed by atoms with E-state index in [1.807, 2.05) is 0 Å². The summed E-state index contributed by atoms with van der Waals surface area (Å²) in [5.74, 6) is -1.20. The van der Waals surface area contributed by atoms with Crippen LogP contribution in [-0.4, -0.2) is 24.0 Å². The van der Waals surface area contributed by atoms with Crippen molar-refractivity contribution in [1.29, 1.82) is 0 Å². The van der Waals surface area contributed by atoms with Gasteiger partial charge in [0.2, 0.25) is 0 Å². The highest BCUT2D eigenvalue weighted by Crippen LogP contribution is 2.34. The second kappa shape index (κ2) is 7.31. The Balaban J connectivity index is 0.00000361. The lowest BCUT2D eigenvalue weighted by Gasteiger charge is -2.22. The van der Waals surface area contributed by atoms with Crippen molar-refractivity contribution in [1.82, 2.24) is 0 Å². The van der Waals surface area contributed by atoms with E-state index >= 15 is 0 Å². The summed E-state index contributed by atoms with van der Waals surface area (Å²) in [7, 11) is 0. The quantitative estimate of drug-likeness (QED) is 0.829. The van der Waals surface area contributed by atoms with E-state index in [0.717, 1.165) is 12.1 Å². The number of aliphatic hydroxyl groups excluding tert-OH is 1. The molecule has 2 atom stereocenters. The van der Waals surface area contributed by atoms with Crippen LogP contribution in [0.15, 0.2) is 12.1 Å². The fourth-order valence-corrected chi connectivity index (χ4v) is 1.71. The van der Waals surface area contributed by atoms with E-state index in [1.165, 1.54) is 0 Å². The standard InChI is InChI=1S/C11H12ClF4NO2.ClH/c1-2-19-9-6(12)3-5(4-7(9)13)8(17)10(18)11(14,15)16;/h3-4,8,10,18H,2,17H2,1H3;1H/t8-,10-;/m0./s1. The minimum Gasteiger partial charge on any atom is -0.489 e. The SMILES string of the molecule is CCOc1c(F)cc([C@H](N)[C@H](O)C(F)(F)F)cc1Cl.Cl. The first-order valence-corrected chi connectivity index (χ1v) is 5.68. The second-order valence-electron chi connectivity index (χ2n) is 3.76. The van der Waals surface area contributed by atoms with Crippen LogP contribution < -0.4 is 10.5 Å². The molecule has 1 aromatic rings. The van der Waals surface area contributed by atoms with Crippen molar-refractivity contribution in [3.63, 3.8) is 0 Å². The first-order chi connectivity index (χ1) is 8.68. The lowest BCUT2D eigenvalue weighted by Crippen LogP contribution is -2.38. The summed E-state index contributed by atoms with van der Waals surface area (Å²) in [4.78, 5) is 0. The molecule has 0 aliphatic rings. The van der Waals surface area contributed by atoms with Crippen LogP contribution in [0.2, 0.25) is 5.02 Å². The maximum Gasteiger partial charge on any atom is 0.416 e. The third kappa shape index (κ3) is 4.37. The number of halogens is 6. The van der Waals surface area contributed by atoms with Crippen molar-refractivity contribution in [3.8, 4) is 5.75 Å². The topological polar surface area (TPSA) is 55.5 Å². The van der Waals surface area contributed by atoms with Gasteiger partial charge in [0.1, 0.15) is 0 Å². The summed E-state index contributed by atoms with van der Waals surface area (Å²) in [5.41, 5.74) is 4.98. The van der Waals surface area contributed by atoms with Gasteiger partial charge in [-0.1, -0.05) is 11.6 Å². The van der Waals surface area contributed by atoms with Crippen molar-refractivity contribution < 1.29 is 27.4 Å². The van der Waals surface area contributed by atoms with Gasteiger partial charge >= 0.3 is 6.18 Å². The molecule has 0 spiro atoms. The van der Waals surface area contributed by atoms with E-state index in [4.69, 9.17) is 27.2 Å². The molecule has 20 heavy (non-hydrogen) atoms. The van der Waals surface area contributed by atoms with Crippen molar-refractivity contribution >= 4 is 24.0 Å². The number of hydrogen-bond acceptors (Lipinski definition) is 3. The third-order valence-electron chi connectivity index (χ3n) is 2.37. The number of nitrogens with two attached hydrogens (primary N) is 1. The Morgan fingerprint density at radius 2 is 1.95 bits per heavy atom. The molecular weight excluding hydrogens is 325 g/mol. The number of aliphatic hydroxyl groups is 1. The zero-order valence-electron chi connectivity index (χ0n) is 10.2. The van der Waals surface area contributed by atoms with Gasteiger partial charge in [-0.3, -0.25) is 0 Å². The molecule has 116 valence electrons. The zero-order chi connectivity index (χ0) is 14.8. The molecule has 0 bridgehead atoms. The Morgan fingerprint density at radius 3 is 2.35 bits per heavy atom. The average molecular weight is 338 g/mol. The molecule has 0 saturated carbocycles. The molecule has 0 fully saturated rings. The van der Waals surface area contributed by atoms with E-state index in [-0.39, 0.29) is 35.3 Å². The lowest BCUT2D eigenvalue weighted by molar-refractivity contribution is -0.210. The van der Waals surface area contributed by atoms with Gasteiger partial charge in [-0.15, -0.1) is 12.4 Å². The normalized spacial score (nSPS) is 14.4. The number of alkyl halides is 3. The van der Waals surface area contributed by atoms with Gasteiger partial charge in [0, 0.05) is 0 Å². The number of hydrogen-bond donors (Lipinski definition) is 2. The van der Waals surface area contributed by atoms with E-state index in [2.05, 4.69) is 0 Å². The summed E-state index contributed by atoms with van der Waals surface area (Å²) in [5, 5.41) is 8.81. The monoisotopic (exact) mass is 337 g/mol. The summed E-state index contributed by atoms with van der Waals surface area (Å²) >= 11 is 5.69. The molecule has 0 unspecified atom stereocenters. The van der Waals surface area contributed by atoms with E-state index < -0.39 is 24.1 Å². The number of ether oxygens (including phenoxy) is 1. The molecular formula is C11H13Cl2F4NO2. The average Bonchev–Trinajstić information content (AvgIpc) is 2.30. The molecule has 1 rings (SSSR count). The summed E-state index contributed by atoms with van der Waals surface area (Å²) in [6, 6.07) is -0.0335. The molecule has 3 N–H and O–H groups in total. The molecule has 1 aromatic carbocycles. The largest absolute Gasteiger partial charge is 0.489 e. The summed E-state index contributed by atoms with van der Waals surface area (Å²) in [6.07, 6.45) is -7.71. The van der Waals surface area contributed by atoms with Gasteiger partial charge in [-0.2, -0.15) is 13.2 Å². The highest BCUT2D eigenvalue weighted by atomic mass is 35.5. The van der Waals surface area contributed by atoms with Crippen LogP contribution in [0.25, 0.3) is 0 Å². The van der Waals surface area contributed by atoms with E-state index in [9.17, 15) is 17.6 Å². The molecule has 0 heterocycles. The predicted octanol–water partition coefficient (Wildman–Crippen LogP) is 3.22. The number of rotatable bonds is 4. The van der Waals surface area contributed by atoms with E-state index in [1.54, 1.807) is 6.92 Å². The molecule has 0 amide bonds. The van der Waals surface area contributed by atoms with Crippen LogP contribution >= 0.6 is 24.0 Å². The minimum atomic E-state index is -4.90. The molecule has 0 aromatic heterocycles. The first kappa shape index (κ1) is 19.2.